The van der Waals surface area contributed by atoms with E-state index in [1.807, 2.05) is 23.1 Å². The third-order valence-corrected chi connectivity index (χ3v) is 8.31. The Labute approximate surface area is 199 Å². The lowest BCUT2D eigenvalue weighted by molar-refractivity contribution is -0.126. The molecule has 2 aromatic rings. The van der Waals surface area contributed by atoms with Gasteiger partial charge in [-0.2, -0.15) is 4.31 Å². The van der Waals surface area contributed by atoms with Gasteiger partial charge < -0.3 is 19.1 Å². The van der Waals surface area contributed by atoms with Crippen molar-refractivity contribution in [2.24, 2.45) is 0 Å². The summed E-state index contributed by atoms with van der Waals surface area (Å²) in [5.74, 6) is 1.40. The number of hydrogen-bond acceptors (Lipinski definition) is 6. The minimum atomic E-state index is -3.53. The largest absolute Gasteiger partial charge is 0.486 e. The van der Waals surface area contributed by atoms with Gasteiger partial charge in [-0.3, -0.25) is 4.79 Å². The molecule has 9 heteroatoms. The van der Waals surface area contributed by atoms with E-state index in [2.05, 4.69) is 0 Å². The Hall–Kier alpha value is -2.88. The fraction of sp³-hybridized carbons (Fsp3) is 0.400. The van der Waals surface area contributed by atoms with Crippen LogP contribution in [-0.2, 0) is 19.6 Å². The second-order valence-electron chi connectivity index (χ2n) is 8.51. The summed E-state index contributed by atoms with van der Waals surface area (Å²) in [7, 11) is -3.53. The SMILES string of the molecule is O=C(/C=C/c1ccc(S(=O)(=O)N2CCOCC2)cc1)N1CCCC1c1ccc2c(c1)OCCO2. The number of carbonyl (C=O) groups excluding carboxylic acids is 1. The molecule has 34 heavy (non-hydrogen) atoms. The van der Waals surface area contributed by atoms with Crippen LogP contribution in [0.25, 0.3) is 6.08 Å². The Balaban J connectivity index is 1.26. The van der Waals surface area contributed by atoms with Crippen LogP contribution in [-0.4, -0.2) is 69.6 Å². The smallest absolute Gasteiger partial charge is 0.247 e. The van der Waals surface area contributed by atoms with E-state index in [1.54, 1.807) is 36.4 Å². The number of benzene rings is 2. The molecule has 2 aromatic carbocycles. The van der Waals surface area contributed by atoms with E-state index >= 15 is 0 Å². The zero-order valence-electron chi connectivity index (χ0n) is 18.9. The van der Waals surface area contributed by atoms with Crippen molar-refractivity contribution in [1.29, 1.82) is 0 Å². The standard InChI is InChI=1S/C25H28N2O6S/c28-25(27-11-1-2-22(27)20-6-9-23-24(18-20)33-17-16-32-23)10-5-19-3-7-21(8-4-19)34(29,30)26-12-14-31-15-13-26/h3-10,18,22H,1-2,11-17H2/b10-5+. The molecule has 1 amide bonds. The van der Waals surface area contributed by atoms with Crippen LogP contribution in [0.5, 0.6) is 11.5 Å². The Morgan fingerprint density at radius 3 is 2.41 bits per heavy atom. The van der Waals surface area contributed by atoms with Crippen LogP contribution in [0.4, 0.5) is 0 Å². The summed E-state index contributed by atoms with van der Waals surface area (Å²) >= 11 is 0. The van der Waals surface area contributed by atoms with Crippen molar-refractivity contribution >= 4 is 22.0 Å². The average Bonchev–Trinajstić information content (AvgIpc) is 3.38. The van der Waals surface area contributed by atoms with E-state index in [1.165, 1.54) is 4.31 Å². The summed E-state index contributed by atoms with van der Waals surface area (Å²) in [5.41, 5.74) is 1.81. The number of nitrogens with zero attached hydrogens (tertiary/aromatic N) is 2. The summed E-state index contributed by atoms with van der Waals surface area (Å²) in [6.45, 7) is 3.30. The van der Waals surface area contributed by atoms with Crippen LogP contribution in [0.15, 0.2) is 53.4 Å². The number of likely N-dealkylation sites (tertiary alicyclic amines) is 1. The Bertz CT molecular complexity index is 1170. The van der Waals surface area contributed by atoms with Gasteiger partial charge in [-0.25, -0.2) is 8.42 Å². The molecule has 3 heterocycles. The van der Waals surface area contributed by atoms with Gasteiger partial charge in [0.15, 0.2) is 11.5 Å². The van der Waals surface area contributed by atoms with Gasteiger partial charge in [-0.15, -0.1) is 0 Å². The van der Waals surface area contributed by atoms with Crippen molar-refractivity contribution in [2.75, 3.05) is 46.1 Å². The van der Waals surface area contributed by atoms with Crippen molar-refractivity contribution in [3.05, 3.63) is 59.7 Å². The van der Waals surface area contributed by atoms with Crippen LogP contribution in [0.2, 0.25) is 0 Å². The van der Waals surface area contributed by atoms with Gasteiger partial charge in [0.05, 0.1) is 24.2 Å². The van der Waals surface area contributed by atoms with Crippen molar-refractivity contribution < 1.29 is 27.4 Å². The molecule has 3 aliphatic rings. The van der Waals surface area contributed by atoms with Crippen LogP contribution in [0.3, 0.4) is 0 Å². The van der Waals surface area contributed by atoms with Crippen molar-refractivity contribution in [3.63, 3.8) is 0 Å². The van der Waals surface area contributed by atoms with Gasteiger partial charge in [0.1, 0.15) is 13.2 Å². The zero-order valence-corrected chi connectivity index (χ0v) is 19.7. The fourth-order valence-corrected chi connectivity index (χ4v) is 6.00. The molecule has 5 rings (SSSR count). The molecule has 0 N–H and O–H groups in total. The molecule has 0 radical (unpaired) electrons. The summed E-state index contributed by atoms with van der Waals surface area (Å²) in [6.07, 6.45) is 5.12. The highest BCUT2D eigenvalue weighted by Gasteiger charge is 2.30. The highest BCUT2D eigenvalue weighted by Crippen LogP contribution is 2.38. The molecule has 0 saturated carbocycles. The highest BCUT2D eigenvalue weighted by atomic mass is 32.2. The number of morpholine rings is 1. The number of ether oxygens (including phenoxy) is 3. The first kappa shape index (κ1) is 22.9. The van der Waals surface area contributed by atoms with E-state index in [9.17, 15) is 13.2 Å². The van der Waals surface area contributed by atoms with Gasteiger partial charge in [0.25, 0.3) is 0 Å². The first-order valence-corrected chi connectivity index (χ1v) is 13.0. The summed E-state index contributed by atoms with van der Waals surface area (Å²) in [4.78, 5) is 15.1. The Kier molecular flexibility index (Phi) is 6.58. The van der Waals surface area contributed by atoms with E-state index in [4.69, 9.17) is 14.2 Å². The Morgan fingerprint density at radius 1 is 0.912 bits per heavy atom. The van der Waals surface area contributed by atoms with Crippen LogP contribution >= 0.6 is 0 Å². The topological polar surface area (TPSA) is 85.4 Å². The number of rotatable bonds is 5. The molecule has 8 nitrogen and oxygen atoms in total. The van der Waals surface area contributed by atoms with Gasteiger partial charge in [0.2, 0.25) is 15.9 Å². The maximum absolute atomic E-state index is 13.0. The fourth-order valence-electron chi connectivity index (χ4n) is 4.59. The Morgan fingerprint density at radius 2 is 1.65 bits per heavy atom. The van der Waals surface area contributed by atoms with Crippen LogP contribution in [0.1, 0.15) is 30.0 Å². The molecule has 2 fully saturated rings. The van der Waals surface area contributed by atoms with E-state index in [0.717, 1.165) is 35.5 Å². The molecule has 1 atom stereocenters. The first-order valence-electron chi connectivity index (χ1n) is 11.6. The van der Waals surface area contributed by atoms with Gasteiger partial charge in [-0.1, -0.05) is 18.2 Å². The highest BCUT2D eigenvalue weighted by molar-refractivity contribution is 7.89. The molecule has 0 bridgehead atoms. The molecule has 0 aromatic heterocycles. The quantitative estimate of drug-likeness (QED) is 0.607. The lowest BCUT2D eigenvalue weighted by atomic mass is 10.0. The summed E-state index contributed by atoms with van der Waals surface area (Å²) < 4.78 is 43.5. The number of fused-ring (bicyclic) bond motifs is 1. The van der Waals surface area contributed by atoms with Crippen LogP contribution in [0, 0.1) is 0 Å². The molecule has 180 valence electrons. The van der Waals surface area contributed by atoms with Crippen molar-refractivity contribution in [3.8, 4) is 11.5 Å². The number of hydrogen-bond donors (Lipinski definition) is 0. The van der Waals surface area contributed by atoms with Crippen molar-refractivity contribution in [1.82, 2.24) is 9.21 Å². The van der Waals surface area contributed by atoms with Gasteiger partial charge in [-0.05, 0) is 54.3 Å². The number of carbonyl (C=O) groups is 1. The van der Waals surface area contributed by atoms with E-state index < -0.39 is 10.0 Å². The average molecular weight is 485 g/mol. The molecule has 2 saturated heterocycles. The predicted octanol–water partition coefficient (Wildman–Crippen LogP) is 2.86. The van der Waals surface area contributed by atoms with Crippen molar-refractivity contribution in [2.45, 2.75) is 23.8 Å². The van der Waals surface area contributed by atoms with Gasteiger partial charge in [0, 0.05) is 25.7 Å². The monoisotopic (exact) mass is 484 g/mol. The van der Waals surface area contributed by atoms with E-state index in [-0.39, 0.29) is 16.8 Å². The normalized spacial score (nSPS) is 21.2. The molecule has 0 spiro atoms. The second-order valence-corrected chi connectivity index (χ2v) is 10.4. The minimum Gasteiger partial charge on any atom is -0.486 e. The van der Waals surface area contributed by atoms with E-state index in [0.29, 0.717) is 46.1 Å². The maximum Gasteiger partial charge on any atom is 0.247 e. The minimum absolute atomic E-state index is 0.00554. The van der Waals surface area contributed by atoms with Crippen LogP contribution < -0.4 is 9.47 Å². The summed E-state index contributed by atoms with van der Waals surface area (Å²) in [5, 5.41) is 0. The third-order valence-electron chi connectivity index (χ3n) is 6.39. The predicted molar refractivity (Wildman–Crippen MR) is 126 cm³/mol. The lowest BCUT2D eigenvalue weighted by Crippen LogP contribution is -2.40. The maximum atomic E-state index is 13.0. The lowest BCUT2D eigenvalue weighted by Gasteiger charge is -2.26. The number of sulfonamides is 1. The van der Waals surface area contributed by atoms with Gasteiger partial charge >= 0.3 is 0 Å². The second kappa shape index (κ2) is 9.77. The zero-order chi connectivity index (χ0) is 23.5. The molecule has 1 unspecified atom stereocenters. The first-order chi connectivity index (χ1) is 16.5. The number of amides is 1. The third kappa shape index (κ3) is 4.68. The molecular weight excluding hydrogens is 456 g/mol. The molecular formula is C25H28N2O6S. The molecule has 3 aliphatic heterocycles. The summed E-state index contributed by atoms with van der Waals surface area (Å²) in [6, 6.07) is 12.5. The molecule has 0 aliphatic carbocycles.